The van der Waals surface area contributed by atoms with Gasteiger partial charge in [0.15, 0.2) is 5.65 Å². The number of aryl methyl sites for hydroxylation is 2. The normalized spacial score (nSPS) is 11.0. The first-order valence-corrected chi connectivity index (χ1v) is 10.8. The third-order valence-corrected chi connectivity index (χ3v) is 5.04. The molecule has 0 bridgehead atoms. The van der Waals surface area contributed by atoms with Gasteiger partial charge in [-0.1, -0.05) is 13.8 Å². The lowest BCUT2D eigenvalue weighted by molar-refractivity contribution is 0.0525. The van der Waals surface area contributed by atoms with E-state index in [1.54, 1.807) is 31.6 Å². The highest BCUT2D eigenvalue weighted by molar-refractivity contribution is 6.13. The molecule has 33 heavy (non-hydrogen) atoms. The van der Waals surface area contributed by atoms with Crippen LogP contribution in [0.3, 0.4) is 0 Å². The SMILES string of the molecule is CCOC(=O)c1cc(NC(=O)c2cc(C(C)C)nc3c2c(C)nn3C)cc(C(=O)OCC)c1. The van der Waals surface area contributed by atoms with E-state index < -0.39 is 17.8 Å². The Morgan fingerprint density at radius 2 is 1.58 bits per heavy atom. The Morgan fingerprint density at radius 1 is 1.00 bits per heavy atom. The van der Waals surface area contributed by atoms with Gasteiger partial charge in [-0.2, -0.15) is 5.10 Å². The van der Waals surface area contributed by atoms with Gasteiger partial charge in [0.25, 0.3) is 5.91 Å². The van der Waals surface area contributed by atoms with Crippen molar-refractivity contribution in [3.05, 3.63) is 52.3 Å². The maximum Gasteiger partial charge on any atom is 0.338 e. The molecule has 0 aliphatic heterocycles. The number of nitrogens with zero attached hydrogens (tertiary/aromatic N) is 3. The summed E-state index contributed by atoms with van der Waals surface area (Å²) in [7, 11) is 1.78. The first kappa shape index (κ1) is 23.9. The van der Waals surface area contributed by atoms with Gasteiger partial charge in [0.1, 0.15) is 0 Å². The molecule has 3 aromatic rings. The molecule has 0 saturated carbocycles. The average molecular weight is 453 g/mol. The molecule has 9 heteroatoms. The molecule has 9 nitrogen and oxygen atoms in total. The lowest BCUT2D eigenvalue weighted by Crippen LogP contribution is -2.16. The molecule has 0 unspecified atom stereocenters. The number of esters is 2. The fourth-order valence-corrected chi connectivity index (χ4v) is 3.50. The summed E-state index contributed by atoms with van der Waals surface area (Å²) in [5, 5.41) is 7.86. The number of benzene rings is 1. The summed E-state index contributed by atoms with van der Waals surface area (Å²) in [5.74, 6) is -1.51. The number of anilines is 1. The molecule has 0 radical (unpaired) electrons. The molecule has 1 N–H and O–H groups in total. The van der Waals surface area contributed by atoms with Gasteiger partial charge < -0.3 is 14.8 Å². The van der Waals surface area contributed by atoms with Gasteiger partial charge in [0, 0.05) is 18.4 Å². The van der Waals surface area contributed by atoms with Crippen LogP contribution in [0.25, 0.3) is 11.0 Å². The summed E-state index contributed by atoms with van der Waals surface area (Å²) in [5.41, 5.74) is 2.99. The van der Waals surface area contributed by atoms with Crippen LogP contribution in [0.1, 0.15) is 76.1 Å². The lowest BCUT2D eigenvalue weighted by Gasteiger charge is -2.13. The Morgan fingerprint density at radius 3 is 2.09 bits per heavy atom. The summed E-state index contributed by atoms with van der Waals surface area (Å²) in [6.07, 6.45) is 0. The van der Waals surface area contributed by atoms with E-state index in [2.05, 4.69) is 15.4 Å². The Hall–Kier alpha value is -3.75. The summed E-state index contributed by atoms with van der Waals surface area (Å²) in [4.78, 5) is 42.7. The number of fused-ring (bicyclic) bond motifs is 1. The molecule has 0 spiro atoms. The summed E-state index contributed by atoms with van der Waals surface area (Å²) >= 11 is 0. The number of carbonyl (C=O) groups is 3. The number of carbonyl (C=O) groups excluding carboxylic acids is 3. The number of amides is 1. The topological polar surface area (TPSA) is 112 Å². The van der Waals surface area contributed by atoms with Crippen LogP contribution < -0.4 is 5.32 Å². The molecule has 174 valence electrons. The minimum absolute atomic E-state index is 0.0960. The molecule has 3 rings (SSSR count). The van der Waals surface area contributed by atoms with E-state index in [9.17, 15) is 14.4 Å². The molecule has 1 aromatic carbocycles. The molecule has 0 atom stereocenters. The van der Waals surface area contributed by atoms with Crippen LogP contribution in [0.2, 0.25) is 0 Å². The number of nitrogens with one attached hydrogen (secondary N) is 1. The molecule has 0 saturated heterocycles. The standard InChI is InChI=1S/C24H28N4O5/c1-7-32-23(30)15-9-16(24(31)33-8-2)11-17(10-15)25-22(29)18-12-19(13(3)4)26-21-20(18)14(5)27-28(21)6/h9-13H,7-8H2,1-6H3,(H,25,29). The fourth-order valence-electron chi connectivity index (χ4n) is 3.50. The molecule has 0 aliphatic rings. The van der Waals surface area contributed by atoms with Crippen LogP contribution >= 0.6 is 0 Å². The largest absolute Gasteiger partial charge is 0.462 e. The maximum absolute atomic E-state index is 13.4. The zero-order chi connectivity index (χ0) is 24.3. The van der Waals surface area contributed by atoms with Crippen LogP contribution in [0.15, 0.2) is 24.3 Å². The highest BCUT2D eigenvalue weighted by atomic mass is 16.5. The molecule has 2 heterocycles. The van der Waals surface area contributed by atoms with Crippen molar-refractivity contribution in [2.24, 2.45) is 7.05 Å². The smallest absolute Gasteiger partial charge is 0.338 e. The second-order valence-electron chi connectivity index (χ2n) is 7.85. The minimum Gasteiger partial charge on any atom is -0.462 e. The second-order valence-corrected chi connectivity index (χ2v) is 7.85. The summed E-state index contributed by atoms with van der Waals surface area (Å²) < 4.78 is 11.8. The first-order chi connectivity index (χ1) is 15.7. The molecule has 2 aromatic heterocycles. The number of rotatable bonds is 7. The van der Waals surface area contributed by atoms with Crippen molar-refractivity contribution >= 4 is 34.6 Å². The average Bonchev–Trinajstić information content (AvgIpc) is 3.06. The van der Waals surface area contributed by atoms with Gasteiger partial charge in [-0.3, -0.25) is 9.48 Å². The van der Waals surface area contributed by atoms with Gasteiger partial charge in [-0.25, -0.2) is 14.6 Å². The first-order valence-electron chi connectivity index (χ1n) is 10.8. The van der Waals surface area contributed by atoms with Crippen LogP contribution in [-0.2, 0) is 16.5 Å². The Labute approximate surface area is 192 Å². The Balaban J connectivity index is 2.07. The predicted octanol–water partition coefficient (Wildman–Crippen LogP) is 4.01. The fraction of sp³-hybridized carbons (Fsp3) is 0.375. The van der Waals surface area contributed by atoms with Crippen LogP contribution in [0.4, 0.5) is 5.69 Å². The quantitative estimate of drug-likeness (QED) is 0.539. The van der Waals surface area contributed by atoms with Crippen LogP contribution in [0, 0.1) is 6.92 Å². The van der Waals surface area contributed by atoms with Crippen molar-refractivity contribution in [1.29, 1.82) is 0 Å². The summed E-state index contributed by atoms with van der Waals surface area (Å²) in [6.45, 7) is 9.53. The lowest BCUT2D eigenvalue weighted by atomic mass is 10.0. The molecule has 0 aliphatic carbocycles. The van der Waals surface area contributed by atoms with Gasteiger partial charge in [-0.05, 0) is 51.0 Å². The van der Waals surface area contributed by atoms with Crippen LogP contribution in [-0.4, -0.2) is 45.8 Å². The zero-order valence-corrected chi connectivity index (χ0v) is 19.7. The monoisotopic (exact) mass is 452 g/mol. The Bertz CT molecular complexity index is 1190. The van der Waals surface area contributed by atoms with Crippen molar-refractivity contribution in [3.8, 4) is 0 Å². The van der Waals surface area contributed by atoms with Gasteiger partial charge in [-0.15, -0.1) is 0 Å². The minimum atomic E-state index is -0.601. The van der Waals surface area contributed by atoms with Crippen molar-refractivity contribution < 1.29 is 23.9 Å². The molecular formula is C24H28N4O5. The number of hydrogen-bond acceptors (Lipinski definition) is 7. The molecular weight excluding hydrogens is 424 g/mol. The molecule has 0 fully saturated rings. The second kappa shape index (κ2) is 9.81. The maximum atomic E-state index is 13.4. The van der Waals surface area contributed by atoms with E-state index in [0.29, 0.717) is 22.3 Å². The summed E-state index contributed by atoms with van der Waals surface area (Å²) in [6, 6.07) is 6.07. The molecule has 1 amide bonds. The van der Waals surface area contributed by atoms with Crippen molar-refractivity contribution in [2.75, 3.05) is 18.5 Å². The number of aromatic nitrogens is 3. The van der Waals surface area contributed by atoms with E-state index in [1.165, 1.54) is 18.2 Å². The number of ether oxygens (including phenoxy) is 2. The van der Waals surface area contributed by atoms with Gasteiger partial charge in [0.05, 0.1) is 41.0 Å². The highest BCUT2D eigenvalue weighted by Crippen LogP contribution is 2.26. The third kappa shape index (κ3) is 5.02. The predicted molar refractivity (Wildman–Crippen MR) is 124 cm³/mol. The van der Waals surface area contributed by atoms with E-state index >= 15 is 0 Å². The highest BCUT2D eigenvalue weighted by Gasteiger charge is 2.21. The van der Waals surface area contributed by atoms with Gasteiger partial charge in [0.2, 0.25) is 0 Å². The zero-order valence-electron chi connectivity index (χ0n) is 19.7. The van der Waals surface area contributed by atoms with Gasteiger partial charge >= 0.3 is 11.9 Å². The number of hydrogen-bond donors (Lipinski definition) is 1. The van der Waals surface area contributed by atoms with E-state index in [4.69, 9.17) is 9.47 Å². The van der Waals surface area contributed by atoms with E-state index in [0.717, 1.165) is 5.69 Å². The van der Waals surface area contributed by atoms with Crippen molar-refractivity contribution in [2.45, 2.75) is 40.5 Å². The van der Waals surface area contributed by atoms with Crippen molar-refractivity contribution in [3.63, 3.8) is 0 Å². The van der Waals surface area contributed by atoms with Crippen LogP contribution in [0.5, 0.6) is 0 Å². The van der Waals surface area contributed by atoms with Crippen molar-refractivity contribution in [1.82, 2.24) is 14.8 Å². The Kier molecular flexibility index (Phi) is 7.10. The van der Waals surface area contributed by atoms with E-state index in [-0.39, 0.29) is 35.9 Å². The third-order valence-electron chi connectivity index (χ3n) is 5.04. The number of pyridine rings is 1. The van der Waals surface area contributed by atoms with E-state index in [1.807, 2.05) is 20.8 Å².